The molecule has 0 aliphatic carbocycles. The van der Waals surface area contributed by atoms with Gasteiger partial charge in [-0.05, 0) is 13.8 Å². The summed E-state index contributed by atoms with van der Waals surface area (Å²) >= 11 is 0. The number of carbonyl (C=O) groups is 2. The molecule has 19 heavy (non-hydrogen) atoms. The molecular formula is C12H23N3O4. The van der Waals surface area contributed by atoms with E-state index >= 15 is 0 Å². The molecule has 1 aliphatic rings. The predicted octanol–water partition coefficient (Wildman–Crippen LogP) is -0.490. The Hall–Kier alpha value is -1.34. The predicted molar refractivity (Wildman–Crippen MR) is 70.0 cm³/mol. The molecule has 7 nitrogen and oxygen atoms in total. The van der Waals surface area contributed by atoms with Crippen molar-refractivity contribution in [3.8, 4) is 0 Å². The number of carbonyl (C=O) groups excluding carboxylic acids is 1. The maximum atomic E-state index is 12.1. The van der Waals surface area contributed by atoms with Crippen LogP contribution in [0, 0.1) is 0 Å². The van der Waals surface area contributed by atoms with Crippen LogP contribution < -0.4 is 0 Å². The SMILES string of the molecule is CC(C(=O)O)N1CCN(C(=O)N(C)C(C)CO)CC1. The summed E-state index contributed by atoms with van der Waals surface area (Å²) in [4.78, 5) is 28.1. The molecule has 0 aromatic carbocycles. The van der Waals surface area contributed by atoms with Gasteiger partial charge in [-0.15, -0.1) is 0 Å². The fourth-order valence-electron chi connectivity index (χ4n) is 1.99. The molecule has 1 rings (SSSR count). The van der Waals surface area contributed by atoms with E-state index < -0.39 is 12.0 Å². The van der Waals surface area contributed by atoms with Crippen molar-refractivity contribution >= 4 is 12.0 Å². The second-order valence-corrected chi connectivity index (χ2v) is 4.96. The molecule has 2 N–H and O–H groups in total. The van der Waals surface area contributed by atoms with E-state index in [1.807, 2.05) is 4.90 Å². The van der Waals surface area contributed by atoms with Crippen LogP contribution in [0.15, 0.2) is 0 Å². The first-order valence-electron chi connectivity index (χ1n) is 6.48. The third-order valence-corrected chi connectivity index (χ3v) is 3.72. The van der Waals surface area contributed by atoms with E-state index in [1.165, 1.54) is 4.90 Å². The average Bonchev–Trinajstić information content (AvgIpc) is 2.44. The highest BCUT2D eigenvalue weighted by molar-refractivity contribution is 5.75. The number of rotatable bonds is 4. The van der Waals surface area contributed by atoms with Gasteiger partial charge in [0.15, 0.2) is 0 Å². The van der Waals surface area contributed by atoms with Crippen LogP contribution in [0.3, 0.4) is 0 Å². The molecule has 1 heterocycles. The maximum Gasteiger partial charge on any atom is 0.320 e. The number of amides is 2. The molecule has 2 unspecified atom stereocenters. The summed E-state index contributed by atoms with van der Waals surface area (Å²) in [6, 6.07) is -0.862. The Labute approximate surface area is 113 Å². The molecule has 7 heteroatoms. The molecule has 1 aliphatic heterocycles. The van der Waals surface area contributed by atoms with Gasteiger partial charge in [-0.25, -0.2) is 4.79 Å². The minimum atomic E-state index is -0.842. The lowest BCUT2D eigenvalue weighted by molar-refractivity contribution is -0.143. The summed E-state index contributed by atoms with van der Waals surface area (Å²) in [5.74, 6) is -0.842. The Bertz CT molecular complexity index is 329. The van der Waals surface area contributed by atoms with Crippen LogP contribution in [0.5, 0.6) is 0 Å². The first kappa shape index (κ1) is 15.7. The number of aliphatic hydroxyl groups excluding tert-OH is 1. The lowest BCUT2D eigenvalue weighted by Crippen LogP contribution is -2.56. The largest absolute Gasteiger partial charge is 0.480 e. The van der Waals surface area contributed by atoms with Crippen molar-refractivity contribution in [2.75, 3.05) is 39.8 Å². The third kappa shape index (κ3) is 3.81. The van der Waals surface area contributed by atoms with Crippen molar-refractivity contribution in [1.29, 1.82) is 0 Å². The molecule has 0 saturated carbocycles. The quantitative estimate of drug-likeness (QED) is 0.722. The number of aliphatic carboxylic acids is 1. The first-order valence-corrected chi connectivity index (χ1v) is 6.48. The van der Waals surface area contributed by atoms with Gasteiger partial charge < -0.3 is 20.0 Å². The smallest absolute Gasteiger partial charge is 0.320 e. The Balaban J connectivity index is 2.50. The van der Waals surface area contributed by atoms with Gasteiger partial charge in [0.05, 0.1) is 12.6 Å². The van der Waals surface area contributed by atoms with Crippen LogP contribution in [0.1, 0.15) is 13.8 Å². The molecule has 1 fully saturated rings. The molecule has 0 aromatic rings. The first-order chi connectivity index (χ1) is 8.88. The lowest BCUT2D eigenvalue weighted by Gasteiger charge is -2.39. The van der Waals surface area contributed by atoms with Crippen molar-refractivity contribution < 1.29 is 19.8 Å². The van der Waals surface area contributed by atoms with E-state index in [9.17, 15) is 9.59 Å². The number of likely N-dealkylation sites (N-methyl/N-ethyl adjacent to an activating group) is 1. The van der Waals surface area contributed by atoms with Crippen LogP contribution in [0.2, 0.25) is 0 Å². The molecule has 0 aromatic heterocycles. The highest BCUT2D eigenvalue weighted by Crippen LogP contribution is 2.09. The molecule has 0 bridgehead atoms. The van der Waals surface area contributed by atoms with Crippen molar-refractivity contribution in [3.63, 3.8) is 0 Å². The highest BCUT2D eigenvalue weighted by Gasteiger charge is 2.29. The average molecular weight is 273 g/mol. The highest BCUT2D eigenvalue weighted by atomic mass is 16.4. The van der Waals surface area contributed by atoms with Gasteiger partial charge in [-0.3, -0.25) is 9.69 Å². The van der Waals surface area contributed by atoms with Crippen LogP contribution in [0.25, 0.3) is 0 Å². The zero-order valence-corrected chi connectivity index (χ0v) is 11.7. The number of nitrogens with zero attached hydrogens (tertiary/aromatic N) is 3. The summed E-state index contributed by atoms with van der Waals surface area (Å²) < 4.78 is 0. The number of carboxylic acids is 1. The van der Waals surface area contributed by atoms with E-state index in [1.54, 1.807) is 25.8 Å². The van der Waals surface area contributed by atoms with Crippen molar-refractivity contribution in [2.24, 2.45) is 0 Å². The van der Waals surface area contributed by atoms with E-state index in [0.717, 1.165) is 0 Å². The third-order valence-electron chi connectivity index (χ3n) is 3.72. The molecule has 2 atom stereocenters. The van der Waals surface area contributed by atoms with Gasteiger partial charge in [-0.1, -0.05) is 0 Å². The topological polar surface area (TPSA) is 84.3 Å². The van der Waals surface area contributed by atoms with Crippen LogP contribution >= 0.6 is 0 Å². The van der Waals surface area contributed by atoms with Gasteiger partial charge in [0.2, 0.25) is 0 Å². The Morgan fingerprint density at radius 2 is 1.74 bits per heavy atom. The number of piperazine rings is 1. The van der Waals surface area contributed by atoms with Gasteiger partial charge >= 0.3 is 12.0 Å². The van der Waals surface area contributed by atoms with Gasteiger partial charge in [0.1, 0.15) is 6.04 Å². The second-order valence-electron chi connectivity index (χ2n) is 4.96. The zero-order valence-electron chi connectivity index (χ0n) is 11.7. The van der Waals surface area contributed by atoms with Crippen molar-refractivity contribution in [2.45, 2.75) is 25.9 Å². The Morgan fingerprint density at radius 1 is 1.21 bits per heavy atom. The number of hydrogen-bond acceptors (Lipinski definition) is 4. The van der Waals surface area contributed by atoms with Gasteiger partial charge in [0, 0.05) is 33.2 Å². The Kier molecular flexibility index (Phi) is 5.56. The van der Waals surface area contributed by atoms with Gasteiger partial charge in [0.25, 0.3) is 0 Å². The minimum Gasteiger partial charge on any atom is -0.480 e. The Morgan fingerprint density at radius 3 is 2.16 bits per heavy atom. The van der Waals surface area contributed by atoms with E-state index in [-0.39, 0.29) is 18.7 Å². The summed E-state index contributed by atoms with van der Waals surface area (Å²) in [7, 11) is 1.66. The van der Waals surface area contributed by atoms with Crippen LogP contribution in [-0.4, -0.2) is 88.8 Å². The molecule has 0 spiro atoms. The fourth-order valence-corrected chi connectivity index (χ4v) is 1.99. The molecular weight excluding hydrogens is 250 g/mol. The summed E-state index contributed by atoms with van der Waals surface area (Å²) in [5.41, 5.74) is 0. The normalized spacial score (nSPS) is 19.9. The zero-order chi connectivity index (χ0) is 14.6. The standard InChI is InChI=1S/C12H23N3O4/c1-9(8-16)13(3)12(19)15-6-4-14(5-7-15)10(2)11(17)18/h9-10,16H,4-8H2,1-3H3,(H,17,18). The number of carboxylic acid groups (broad SMARTS) is 1. The van der Waals surface area contributed by atoms with Crippen molar-refractivity contribution in [1.82, 2.24) is 14.7 Å². The van der Waals surface area contributed by atoms with Crippen molar-refractivity contribution in [3.05, 3.63) is 0 Å². The fraction of sp³-hybridized carbons (Fsp3) is 0.833. The molecule has 110 valence electrons. The van der Waals surface area contributed by atoms with E-state index in [2.05, 4.69) is 0 Å². The van der Waals surface area contributed by atoms with E-state index in [0.29, 0.717) is 26.2 Å². The molecule has 1 saturated heterocycles. The number of urea groups is 1. The second kappa shape index (κ2) is 6.72. The molecule has 0 radical (unpaired) electrons. The molecule has 2 amide bonds. The maximum absolute atomic E-state index is 12.1. The lowest BCUT2D eigenvalue weighted by atomic mass is 10.2. The summed E-state index contributed by atoms with van der Waals surface area (Å²) in [6.07, 6.45) is 0. The summed E-state index contributed by atoms with van der Waals surface area (Å²) in [6.45, 7) is 5.50. The van der Waals surface area contributed by atoms with Crippen LogP contribution in [-0.2, 0) is 4.79 Å². The minimum absolute atomic E-state index is 0.0712. The monoisotopic (exact) mass is 273 g/mol. The van der Waals surface area contributed by atoms with Crippen LogP contribution in [0.4, 0.5) is 4.79 Å². The van der Waals surface area contributed by atoms with E-state index in [4.69, 9.17) is 10.2 Å². The summed E-state index contributed by atoms with van der Waals surface area (Å²) in [5, 5.41) is 18.0. The number of hydrogen-bond donors (Lipinski definition) is 2. The number of aliphatic hydroxyl groups is 1. The van der Waals surface area contributed by atoms with Gasteiger partial charge in [-0.2, -0.15) is 0 Å².